The fourth-order valence-electron chi connectivity index (χ4n) is 2.91. The molecular weight excluding hydrogens is 352 g/mol. The first kappa shape index (κ1) is 22.7. The van der Waals surface area contributed by atoms with Crippen molar-refractivity contribution in [2.24, 2.45) is 5.73 Å². The summed E-state index contributed by atoms with van der Waals surface area (Å²) in [4.78, 5) is 17.0. The molecule has 1 aromatic carbocycles. The van der Waals surface area contributed by atoms with Crippen LogP contribution in [0.4, 0.5) is 5.69 Å². The average Bonchev–Trinajstić information content (AvgIpc) is 2.58. The van der Waals surface area contributed by atoms with Gasteiger partial charge in [0.1, 0.15) is 12.4 Å². The molecule has 26 heavy (non-hydrogen) atoms. The maximum absolute atomic E-state index is 12.2. The minimum Gasteiger partial charge on any atom is -0.492 e. The summed E-state index contributed by atoms with van der Waals surface area (Å²) in [5.41, 5.74) is 5.95. The highest BCUT2D eigenvalue weighted by atomic mass is 35.5. The molecule has 6 nitrogen and oxygen atoms in total. The van der Waals surface area contributed by atoms with E-state index in [1.165, 1.54) is 0 Å². The highest BCUT2D eigenvalue weighted by Crippen LogP contribution is 2.18. The summed E-state index contributed by atoms with van der Waals surface area (Å²) in [6.07, 6.45) is 1.53. The third-order valence-corrected chi connectivity index (χ3v) is 4.67. The van der Waals surface area contributed by atoms with E-state index >= 15 is 0 Å². The fourth-order valence-corrected chi connectivity index (χ4v) is 2.91. The number of nitrogens with two attached hydrogens (primary N) is 1. The number of halogens is 1. The van der Waals surface area contributed by atoms with Crippen LogP contribution in [0.15, 0.2) is 24.3 Å². The van der Waals surface area contributed by atoms with Crippen molar-refractivity contribution in [3.63, 3.8) is 0 Å². The van der Waals surface area contributed by atoms with E-state index in [2.05, 4.69) is 22.2 Å². The number of hydrogen-bond donors (Lipinski definition) is 2. The van der Waals surface area contributed by atoms with E-state index in [0.717, 1.165) is 50.6 Å². The summed E-state index contributed by atoms with van der Waals surface area (Å²) in [6.45, 7) is 9.83. The molecule has 1 heterocycles. The molecule has 0 bridgehead atoms. The lowest BCUT2D eigenvalue weighted by Crippen LogP contribution is -2.48. The summed E-state index contributed by atoms with van der Waals surface area (Å²) in [7, 11) is 2.16. The van der Waals surface area contributed by atoms with Crippen molar-refractivity contribution in [3.8, 4) is 5.75 Å². The van der Waals surface area contributed by atoms with Gasteiger partial charge in [0.15, 0.2) is 0 Å². The minimum atomic E-state index is -0.841. The zero-order chi connectivity index (χ0) is 18.3. The Morgan fingerprint density at radius 3 is 2.42 bits per heavy atom. The second-order valence-corrected chi connectivity index (χ2v) is 7.14. The normalized spacial score (nSPS) is 17.8. The predicted octanol–water partition coefficient (Wildman–Crippen LogP) is 2.19. The number of piperazine rings is 1. The molecule has 0 spiro atoms. The monoisotopic (exact) mass is 384 g/mol. The standard InChI is InChI=1S/C19H32N4O2.ClH/c1-4-9-19(2,20)18(24)21-16-5-7-17(8-6-16)25-15-14-23-12-10-22(3)11-13-23;/h5-8H,4,9-15,20H2,1-3H3,(H,21,24);1H. The van der Waals surface area contributed by atoms with Crippen LogP contribution in [0, 0.1) is 0 Å². The zero-order valence-corrected chi connectivity index (χ0v) is 17.0. The number of carbonyl (C=O) groups excluding carboxylic acids is 1. The van der Waals surface area contributed by atoms with E-state index < -0.39 is 5.54 Å². The molecule has 1 aliphatic rings. The van der Waals surface area contributed by atoms with Gasteiger partial charge in [0.05, 0.1) is 5.54 Å². The number of amides is 1. The van der Waals surface area contributed by atoms with Gasteiger partial charge < -0.3 is 20.7 Å². The first-order valence-corrected chi connectivity index (χ1v) is 9.15. The van der Waals surface area contributed by atoms with Gasteiger partial charge >= 0.3 is 0 Å². The van der Waals surface area contributed by atoms with Crippen molar-refractivity contribution in [2.45, 2.75) is 32.2 Å². The Morgan fingerprint density at radius 1 is 1.23 bits per heavy atom. The van der Waals surface area contributed by atoms with E-state index in [0.29, 0.717) is 13.0 Å². The first-order valence-electron chi connectivity index (χ1n) is 9.15. The lowest BCUT2D eigenvalue weighted by atomic mass is 9.96. The maximum atomic E-state index is 12.2. The van der Waals surface area contributed by atoms with E-state index in [1.54, 1.807) is 6.92 Å². The predicted molar refractivity (Wildman–Crippen MR) is 109 cm³/mol. The molecule has 0 radical (unpaired) electrons. The molecule has 0 aromatic heterocycles. The molecule has 2 rings (SSSR count). The van der Waals surface area contributed by atoms with Crippen molar-refractivity contribution in [2.75, 3.05) is 51.7 Å². The summed E-state index contributed by atoms with van der Waals surface area (Å²) in [5.74, 6) is 0.661. The van der Waals surface area contributed by atoms with Crippen LogP contribution in [0.5, 0.6) is 5.75 Å². The molecule has 1 amide bonds. The van der Waals surface area contributed by atoms with Gasteiger partial charge in [0.25, 0.3) is 0 Å². The topological polar surface area (TPSA) is 70.8 Å². The Balaban J connectivity index is 0.00000338. The highest BCUT2D eigenvalue weighted by Gasteiger charge is 2.27. The second kappa shape index (κ2) is 10.7. The Hall–Kier alpha value is -1.34. The molecule has 3 N–H and O–H groups in total. The van der Waals surface area contributed by atoms with E-state index in [9.17, 15) is 4.79 Å². The number of rotatable bonds is 8. The van der Waals surface area contributed by atoms with E-state index in [4.69, 9.17) is 10.5 Å². The Bertz CT molecular complexity index is 543. The lowest BCUT2D eigenvalue weighted by molar-refractivity contribution is -0.120. The van der Waals surface area contributed by atoms with Crippen LogP contribution in [0.25, 0.3) is 0 Å². The second-order valence-electron chi connectivity index (χ2n) is 7.14. The summed E-state index contributed by atoms with van der Waals surface area (Å²) in [5, 5.41) is 2.87. The Morgan fingerprint density at radius 2 is 1.85 bits per heavy atom. The van der Waals surface area contributed by atoms with E-state index in [-0.39, 0.29) is 18.3 Å². The van der Waals surface area contributed by atoms with Crippen LogP contribution in [0.3, 0.4) is 0 Å². The average molecular weight is 385 g/mol. The third-order valence-electron chi connectivity index (χ3n) is 4.67. The Kier molecular flexibility index (Phi) is 9.36. The summed E-state index contributed by atoms with van der Waals surface area (Å²) >= 11 is 0. The van der Waals surface area contributed by atoms with Gasteiger partial charge in [-0.25, -0.2) is 0 Å². The van der Waals surface area contributed by atoms with Gasteiger partial charge in [-0.15, -0.1) is 12.4 Å². The van der Waals surface area contributed by atoms with Crippen LogP contribution in [-0.2, 0) is 4.79 Å². The van der Waals surface area contributed by atoms with Crippen LogP contribution in [0.1, 0.15) is 26.7 Å². The SMILES string of the molecule is CCCC(C)(N)C(=O)Nc1ccc(OCCN2CCN(C)CC2)cc1.Cl. The molecule has 1 saturated heterocycles. The largest absolute Gasteiger partial charge is 0.492 e. The van der Waals surface area contributed by atoms with Crippen LogP contribution < -0.4 is 15.8 Å². The molecule has 7 heteroatoms. The fraction of sp³-hybridized carbons (Fsp3) is 0.632. The smallest absolute Gasteiger partial charge is 0.244 e. The van der Waals surface area contributed by atoms with Crippen LogP contribution >= 0.6 is 12.4 Å². The number of nitrogens with zero attached hydrogens (tertiary/aromatic N) is 2. The molecule has 1 fully saturated rings. The molecule has 1 unspecified atom stereocenters. The maximum Gasteiger partial charge on any atom is 0.244 e. The van der Waals surface area contributed by atoms with E-state index in [1.807, 2.05) is 31.2 Å². The number of nitrogens with one attached hydrogen (secondary N) is 1. The van der Waals surface area contributed by atoms with Gasteiger partial charge in [0.2, 0.25) is 5.91 Å². The number of anilines is 1. The van der Waals surface area contributed by atoms with Crippen molar-refractivity contribution in [3.05, 3.63) is 24.3 Å². The molecule has 1 aromatic rings. The highest BCUT2D eigenvalue weighted by molar-refractivity contribution is 5.97. The van der Waals surface area contributed by atoms with Gasteiger partial charge in [0, 0.05) is 38.4 Å². The first-order chi connectivity index (χ1) is 11.9. The van der Waals surface area contributed by atoms with Crippen molar-refractivity contribution >= 4 is 24.0 Å². The number of likely N-dealkylation sites (N-methyl/N-ethyl adjacent to an activating group) is 1. The van der Waals surface area contributed by atoms with Crippen molar-refractivity contribution < 1.29 is 9.53 Å². The quantitative estimate of drug-likeness (QED) is 0.718. The third kappa shape index (κ3) is 7.11. The number of ether oxygens (including phenoxy) is 1. The number of hydrogen-bond acceptors (Lipinski definition) is 5. The molecule has 1 aliphatic heterocycles. The van der Waals surface area contributed by atoms with Crippen molar-refractivity contribution in [1.82, 2.24) is 9.80 Å². The van der Waals surface area contributed by atoms with Crippen LogP contribution in [-0.4, -0.2) is 67.6 Å². The molecule has 0 aliphatic carbocycles. The molecule has 0 saturated carbocycles. The molecular formula is C19H33ClN4O2. The molecule has 1 atom stereocenters. The number of carbonyl (C=O) groups is 1. The Labute approximate surface area is 163 Å². The van der Waals surface area contributed by atoms with Gasteiger partial charge in [-0.05, 0) is 44.7 Å². The van der Waals surface area contributed by atoms with Gasteiger partial charge in [-0.2, -0.15) is 0 Å². The molecule has 148 valence electrons. The summed E-state index contributed by atoms with van der Waals surface area (Å²) < 4.78 is 5.81. The zero-order valence-electron chi connectivity index (χ0n) is 16.2. The minimum absolute atomic E-state index is 0. The lowest BCUT2D eigenvalue weighted by Gasteiger charge is -2.32. The number of benzene rings is 1. The summed E-state index contributed by atoms with van der Waals surface area (Å²) in [6, 6.07) is 7.47. The van der Waals surface area contributed by atoms with Crippen LogP contribution in [0.2, 0.25) is 0 Å². The van der Waals surface area contributed by atoms with Gasteiger partial charge in [-0.3, -0.25) is 9.69 Å². The van der Waals surface area contributed by atoms with Gasteiger partial charge in [-0.1, -0.05) is 13.3 Å². The van der Waals surface area contributed by atoms with Crippen molar-refractivity contribution in [1.29, 1.82) is 0 Å².